The Labute approximate surface area is 141 Å². The summed E-state index contributed by atoms with van der Waals surface area (Å²) < 4.78 is 13.1. The van der Waals surface area contributed by atoms with Gasteiger partial charge in [-0.15, -0.1) is 0 Å². The molecule has 1 fully saturated rings. The van der Waals surface area contributed by atoms with E-state index in [0.717, 1.165) is 49.5 Å². The van der Waals surface area contributed by atoms with Gasteiger partial charge in [-0.3, -0.25) is 5.10 Å². The minimum absolute atomic E-state index is 0.231. The van der Waals surface area contributed by atoms with Gasteiger partial charge in [-0.2, -0.15) is 5.10 Å². The number of rotatable bonds is 7. The Morgan fingerprint density at radius 1 is 1.25 bits per heavy atom. The van der Waals surface area contributed by atoms with E-state index in [4.69, 9.17) is 5.11 Å². The lowest BCUT2D eigenvalue weighted by molar-refractivity contribution is 0.146. The summed E-state index contributed by atoms with van der Waals surface area (Å²) in [6.07, 6.45) is 4.17. The molecular formula is C18H25FN4O. The molecule has 1 saturated heterocycles. The molecule has 130 valence electrons. The van der Waals surface area contributed by atoms with Crippen LogP contribution in [0.5, 0.6) is 0 Å². The Kier molecular flexibility index (Phi) is 5.96. The zero-order valence-electron chi connectivity index (χ0n) is 13.8. The van der Waals surface area contributed by atoms with Crippen LogP contribution in [0, 0.1) is 11.7 Å². The SMILES string of the molecule is OCCN1CCC(CNCc2cn[nH]c2-c2ccc(F)cc2)CC1. The van der Waals surface area contributed by atoms with Crippen LogP contribution in [0.15, 0.2) is 30.5 Å². The first kappa shape index (κ1) is 17.1. The zero-order valence-corrected chi connectivity index (χ0v) is 13.8. The molecule has 0 spiro atoms. The van der Waals surface area contributed by atoms with Gasteiger partial charge in [0.25, 0.3) is 0 Å². The Hall–Kier alpha value is -1.76. The number of halogens is 1. The van der Waals surface area contributed by atoms with Crippen LogP contribution in [-0.2, 0) is 6.54 Å². The third-order valence-corrected chi connectivity index (χ3v) is 4.72. The van der Waals surface area contributed by atoms with Crippen LogP contribution in [0.4, 0.5) is 4.39 Å². The second kappa shape index (κ2) is 8.37. The van der Waals surface area contributed by atoms with Gasteiger partial charge >= 0.3 is 0 Å². The van der Waals surface area contributed by atoms with Crippen LogP contribution >= 0.6 is 0 Å². The summed E-state index contributed by atoms with van der Waals surface area (Å²) in [5, 5.41) is 19.6. The Balaban J connectivity index is 1.48. The molecule has 0 aliphatic carbocycles. The van der Waals surface area contributed by atoms with Gasteiger partial charge in [-0.25, -0.2) is 4.39 Å². The van der Waals surface area contributed by atoms with Gasteiger partial charge < -0.3 is 15.3 Å². The number of hydrogen-bond donors (Lipinski definition) is 3. The maximum atomic E-state index is 13.1. The van der Waals surface area contributed by atoms with E-state index in [9.17, 15) is 4.39 Å². The highest BCUT2D eigenvalue weighted by Crippen LogP contribution is 2.21. The van der Waals surface area contributed by atoms with E-state index in [1.165, 1.54) is 25.0 Å². The number of benzene rings is 1. The molecule has 3 N–H and O–H groups in total. The van der Waals surface area contributed by atoms with Crippen molar-refractivity contribution in [2.75, 3.05) is 32.8 Å². The number of likely N-dealkylation sites (tertiary alicyclic amines) is 1. The molecular weight excluding hydrogens is 307 g/mol. The molecule has 0 unspecified atom stereocenters. The van der Waals surface area contributed by atoms with Gasteiger partial charge in [0.2, 0.25) is 0 Å². The number of aliphatic hydroxyl groups is 1. The maximum Gasteiger partial charge on any atom is 0.123 e. The van der Waals surface area contributed by atoms with E-state index in [1.807, 2.05) is 6.20 Å². The van der Waals surface area contributed by atoms with E-state index in [0.29, 0.717) is 5.92 Å². The van der Waals surface area contributed by atoms with Crippen molar-refractivity contribution in [2.45, 2.75) is 19.4 Å². The van der Waals surface area contributed by atoms with Crippen LogP contribution in [0.1, 0.15) is 18.4 Å². The van der Waals surface area contributed by atoms with Crippen molar-refractivity contribution in [3.63, 3.8) is 0 Å². The minimum Gasteiger partial charge on any atom is -0.395 e. The lowest BCUT2D eigenvalue weighted by Gasteiger charge is -2.31. The molecule has 2 aromatic rings. The van der Waals surface area contributed by atoms with E-state index >= 15 is 0 Å². The fourth-order valence-corrected chi connectivity index (χ4v) is 3.28. The minimum atomic E-state index is -0.231. The number of aromatic nitrogens is 2. The molecule has 24 heavy (non-hydrogen) atoms. The average molecular weight is 332 g/mol. The first-order valence-corrected chi connectivity index (χ1v) is 8.58. The summed E-state index contributed by atoms with van der Waals surface area (Å²) in [6, 6.07) is 6.47. The van der Waals surface area contributed by atoms with Gasteiger partial charge in [-0.05, 0) is 62.7 Å². The molecule has 6 heteroatoms. The summed E-state index contributed by atoms with van der Waals surface area (Å²) >= 11 is 0. The number of aliphatic hydroxyl groups excluding tert-OH is 1. The predicted molar refractivity (Wildman–Crippen MR) is 91.9 cm³/mol. The van der Waals surface area contributed by atoms with E-state index in [-0.39, 0.29) is 12.4 Å². The largest absolute Gasteiger partial charge is 0.395 e. The van der Waals surface area contributed by atoms with Gasteiger partial charge in [-0.1, -0.05) is 0 Å². The third kappa shape index (κ3) is 4.41. The molecule has 0 bridgehead atoms. The normalized spacial score (nSPS) is 16.6. The lowest BCUT2D eigenvalue weighted by atomic mass is 9.96. The molecule has 3 rings (SSSR count). The van der Waals surface area contributed by atoms with Crippen molar-refractivity contribution in [3.8, 4) is 11.3 Å². The zero-order chi connectivity index (χ0) is 16.8. The molecule has 0 atom stereocenters. The number of aromatic amines is 1. The van der Waals surface area contributed by atoms with Gasteiger partial charge in [0.05, 0.1) is 18.5 Å². The third-order valence-electron chi connectivity index (χ3n) is 4.72. The number of H-pyrrole nitrogens is 1. The highest BCUT2D eigenvalue weighted by molar-refractivity contribution is 5.62. The standard InChI is InChI=1S/C18H25FN4O/c19-17-3-1-15(2-4-17)18-16(13-21-22-18)12-20-11-14-5-7-23(8-6-14)9-10-24/h1-4,13-14,20,24H,5-12H2,(H,21,22). The van der Waals surface area contributed by atoms with Crippen molar-refractivity contribution < 1.29 is 9.50 Å². The fourth-order valence-electron chi connectivity index (χ4n) is 3.28. The Morgan fingerprint density at radius 2 is 2.00 bits per heavy atom. The van der Waals surface area contributed by atoms with Crippen molar-refractivity contribution in [2.24, 2.45) is 5.92 Å². The number of piperidine rings is 1. The molecule has 0 saturated carbocycles. The number of hydrogen-bond acceptors (Lipinski definition) is 4. The molecule has 5 nitrogen and oxygen atoms in total. The summed E-state index contributed by atoms with van der Waals surface area (Å²) in [5.41, 5.74) is 2.99. The van der Waals surface area contributed by atoms with Crippen LogP contribution in [0.2, 0.25) is 0 Å². The molecule has 1 aliphatic rings. The predicted octanol–water partition coefficient (Wildman–Crippen LogP) is 2.01. The van der Waals surface area contributed by atoms with Crippen molar-refractivity contribution in [3.05, 3.63) is 41.8 Å². The molecule has 0 amide bonds. The summed E-state index contributed by atoms with van der Waals surface area (Å²) in [7, 11) is 0. The van der Waals surface area contributed by atoms with Crippen molar-refractivity contribution in [1.29, 1.82) is 0 Å². The molecule has 1 aliphatic heterocycles. The second-order valence-electron chi connectivity index (χ2n) is 6.42. The number of nitrogens with one attached hydrogen (secondary N) is 2. The monoisotopic (exact) mass is 332 g/mol. The van der Waals surface area contributed by atoms with Crippen LogP contribution < -0.4 is 5.32 Å². The second-order valence-corrected chi connectivity index (χ2v) is 6.42. The molecule has 0 radical (unpaired) electrons. The van der Waals surface area contributed by atoms with Gasteiger partial charge in [0.15, 0.2) is 0 Å². The Bertz CT molecular complexity index is 620. The smallest absolute Gasteiger partial charge is 0.123 e. The molecule has 1 aromatic carbocycles. The highest BCUT2D eigenvalue weighted by atomic mass is 19.1. The Morgan fingerprint density at radius 3 is 2.71 bits per heavy atom. The summed E-state index contributed by atoms with van der Waals surface area (Å²) in [4.78, 5) is 2.32. The first-order chi connectivity index (χ1) is 11.8. The average Bonchev–Trinajstić information content (AvgIpc) is 3.06. The fraction of sp³-hybridized carbons (Fsp3) is 0.500. The highest BCUT2D eigenvalue weighted by Gasteiger charge is 2.18. The number of nitrogens with zero attached hydrogens (tertiary/aromatic N) is 2. The summed E-state index contributed by atoms with van der Waals surface area (Å²) in [5.74, 6) is 0.451. The van der Waals surface area contributed by atoms with Gasteiger partial charge in [0.1, 0.15) is 5.82 Å². The van der Waals surface area contributed by atoms with E-state index in [2.05, 4.69) is 20.4 Å². The van der Waals surface area contributed by atoms with E-state index in [1.54, 1.807) is 12.1 Å². The molecule has 1 aromatic heterocycles. The lowest BCUT2D eigenvalue weighted by Crippen LogP contribution is -2.38. The summed E-state index contributed by atoms with van der Waals surface area (Å²) in [6.45, 7) is 4.91. The van der Waals surface area contributed by atoms with Crippen LogP contribution in [0.25, 0.3) is 11.3 Å². The first-order valence-electron chi connectivity index (χ1n) is 8.58. The van der Waals surface area contributed by atoms with Crippen molar-refractivity contribution >= 4 is 0 Å². The van der Waals surface area contributed by atoms with Crippen molar-refractivity contribution in [1.82, 2.24) is 20.4 Å². The molecule has 2 heterocycles. The van der Waals surface area contributed by atoms with Gasteiger partial charge in [0, 0.05) is 24.2 Å². The van der Waals surface area contributed by atoms with Crippen LogP contribution in [0.3, 0.4) is 0 Å². The quantitative estimate of drug-likeness (QED) is 0.726. The number of β-amino-alcohol motifs (C(OH)–C–C–N with tert-alkyl or cyclic N) is 1. The van der Waals surface area contributed by atoms with Crippen LogP contribution in [-0.4, -0.2) is 53.0 Å². The maximum absolute atomic E-state index is 13.1. The van der Waals surface area contributed by atoms with E-state index < -0.39 is 0 Å². The topological polar surface area (TPSA) is 64.2 Å².